The maximum atomic E-state index is 11.6. The van der Waals surface area contributed by atoms with Crippen molar-refractivity contribution in [3.63, 3.8) is 0 Å². The molecule has 0 atom stereocenters. The van der Waals surface area contributed by atoms with E-state index in [1.54, 1.807) is 12.1 Å². The molecule has 122 valence electrons. The topological polar surface area (TPSA) is 35.5 Å². The van der Waals surface area contributed by atoms with E-state index in [2.05, 4.69) is 31.2 Å². The molecule has 0 aliphatic carbocycles. The van der Waals surface area contributed by atoms with Crippen molar-refractivity contribution in [2.75, 3.05) is 6.61 Å². The molecule has 0 aromatic heterocycles. The lowest BCUT2D eigenvalue weighted by molar-refractivity contribution is 0.0973. The summed E-state index contributed by atoms with van der Waals surface area (Å²) in [5, 5.41) is 0. The first-order chi connectivity index (χ1) is 11.3. The van der Waals surface area contributed by atoms with Gasteiger partial charge in [-0.25, -0.2) is 4.79 Å². The van der Waals surface area contributed by atoms with Crippen molar-refractivity contribution in [2.45, 2.75) is 39.0 Å². The molecular weight excluding hydrogens is 288 g/mol. The Kier molecular flexibility index (Phi) is 7.18. The van der Waals surface area contributed by atoms with Crippen LogP contribution in [-0.2, 0) is 17.6 Å². The molecule has 2 aromatic rings. The van der Waals surface area contributed by atoms with E-state index in [1.807, 2.05) is 18.2 Å². The predicted molar refractivity (Wildman–Crippen MR) is 91.8 cm³/mol. The summed E-state index contributed by atoms with van der Waals surface area (Å²) in [4.78, 5) is 11.6. The lowest BCUT2D eigenvalue weighted by atomic mass is 10.1. The first-order valence-electron chi connectivity index (χ1n) is 8.25. The van der Waals surface area contributed by atoms with E-state index in [-0.39, 0.29) is 0 Å². The van der Waals surface area contributed by atoms with Gasteiger partial charge in [0.05, 0.1) is 6.61 Å². The molecule has 3 heteroatoms. The number of hydrogen-bond acceptors (Lipinski definition) is 3. The molecule has 0 fully saturated rings. The highest BCUT2D eigenvalue weighted by molar-refractivity contribution is 5.63. The molecule has 3 nitrogen and oxygen atoms in total. The molecule has 2 aromatic carbocycles. The van der Waals surface area contributed by atoms with E-state index in [9.17, 15) is 4.79 Å². The Morgan fingerprint density at radius 1 is 0.870 bits per heavy atom. The molecule has 0 aliphatic heterocycles. The first kappa shape index (κ1) is 17.1. The van der Waals surface area contributed by atoms with Crippen molar-refractivity contribution in [1.29, 1.82) is 0 Å². The minimum atomic E-state index is -0.627. The van der Waals surface area contributed by atoms with Crippen LogP contribution in [0.15, 0.2) is 54.6 Å². The van der Waals surface area contributed by atoms with Crippen molar-refractivity contribution in [2.24, 2.45) is 0 Å². The number of unbranched alkanes of at least 4 members (excludes halogenated alkanes) is 2. The molecule has 0 amide bonds. The van der Waals surface area contributed by atoms with Crippen molar-refractivity contribution in [3.05, 3.63) is 65.7 Å². The summed E-state index contributed by atoms with van der Waals surface area (Å²) in [6.07, 6.45) is 4.39. The molecule has 0 radical (unpaired) electrons. The summed E-state index contributed by atoms with van der Waals surface area (Å²) < 4.78 is 10.2. The van der Waals surface area contributed by atoms with Crippen LogP contribution in [-0.4, -0.2) is 12.8 Å². The van der Waals surface area contributed by atoms with Gasteiger partial charge in [0.15, 0.2) is 0 Å². The van der Waals surface area contributed by atoms with Gasteiger partial charge in [-0.05, 0) is 55.4 Å². The van der Waals surface area contributed by atoms with Gasteiger partial charge < -0.3 is 9.47 Å². The van der Waals surface area contributed by atoms with E-state index in [0.29, 0.717) is 12.4 Å². The molecule has 0 saturated carbocycles. The Bertz CT molecular complexity index is 576. The lowest BCUT2D eigenvalue weighted by Gasteiger charge is -2.06. The number of benzene rings is 2. The number of ether oxygens (including phenoxy) is 2. The summed E-state index contributed by atoms with van der Waals surface area (Å²) in [5.74, 6) is 0.524. The molecule has 0 heterocycles. The largest absolute Gasteiger partial charge is 0.513 e. The molecule has 0 spiro atoms. The molecule has 0 bridgehead atoms. The van der Waals surface area contributed by atoms with Gasteiger partial charge in [-0.15, -0.1) is 0 Å². The number of carbonyl (C=O) groups is 1. The maximum Gasteiger partial charge on any atom is 0.513 e. The Morgan fingerprint density at radius 3 is 2.30 bits per heavy atom. The fourth-order valence-corrected chi connectivity index (χ4v) is 2.33. The maximum absolute atomic E-state index is 11.6. The molecule has 0 aliphatic rings. The smallest absolute Gasteiger partial charge is 0.434 e. The van der Waals surface area contributed by atoms with E-state index in [0.717, 1.165) is 32.1 Å². The van der Waals surface area contributed by atoms with Gasteiger partial charge in [0.2, 0.25) is 0 Å². The highest BCUT2D eigenvalue weighted by Crippen LogP contribution is 2.13. The summed E-state index contributed by atoms with van der Waals surface area (Å²) in [6.45, 7) is 2.49. The average molecular weight is 312 g/mol. The fourth-order valence-electron chi connectivity index (χ4n) is 2.33. The van der Waals surface area contributed by atoms with E-state index < -0.39 is 6.16 Å². The monoisotopic (exact) mass is 312 g/mol. The highest BCUT2D eigenvalue weighted by Gasteiger charge is 2.05. The third-order valence-corrected chi connectivity index (χ3v) is 3.71. The quantitative estimate of drug-likeness (QED) is 0.383. The minimum Gasteiger partial charge on any atom is -0.434 e. The van der Waals surface area contributed by atoms with Crippen molar-refractivity contribution < 1.29 is 14.3 Å². The van der Waals surface area contributed by atoms with Crippen molar-refractivity contribution in [1.82, 2.24) is 0 Å². The van der Waals surface area contributed by atoms with Crippen LogP contribution >= 0.6 is 0 Å². The van der Waals surface area contributed by atoms with Crippen molar-refractivity contribution in [3.8, 4) is 5.75 Å². The predicted octanol–water partition coefficient (Wildman–Crippen LogP) is 5.18. The standard InChI is InChI=1S/C20H24O3/c1-2-17-12-14-19(15-13-17)23-20(21)22-16-8-4-7-11-18-9-5-3-6-10-18/h3,5-6,9-10,12-15H,2,4,7-8,11,16H2,1H3. The zero-order chi connectivity index (χ0) is 16.3. The van der Waals surface area contributed by atoms with Crippen LogP contribution in [0.1, 0.15) is 37.3 Å². The normalized spacial score (nSPS) is 10.3. The number of carbonyl (C=O) groups excluding carboxylic acids is 1. The van der Waals surface area contributed by atoms with Crippen LogP contribution in [0.25, 0.3) is 0 Å². The second-order valence-electron chi connectivity index (χ2n) is 5.49. The second kappa shape index (κ2) is 9.67. The van der Waals surface area contributed by atoms with Crippen molar-refractivity contribution >= 4 is 6.16 Å². The summed E-state index contributed by atoms with van der Waals surface area (Å²) in [6, 6.07) is 17.9. The zero-order valence-electron chi connectivity index (χ0n) is 13.7. The van der Waals surface area contributed by atoms with Crippen LogP contribution < -0.4 is 4.74 Å². The molecule has 23 heavy (non-hydrogen) atoms. The van der Waals surface area contributed by atoms with Gasteiger partial charge in [0.1, 0.15) is 5.75 Å². The van der Waals surface area contributed by atoms with Crippen LogP contribution in [0.3, 0.4) is 0 Å². The number of rotatable bonds is 8. The molecule has 0 unspecified atom stereocenters. The lowest BCUT2D eigenvalue weighted by Crippen LogP contribution is -2.11. The Balaban J connectivity index is 1.56. The fraction of sp³-hybridized carbons (Fsp3) is 0.350. The molecule has 0 N–H and O–H groups in total. The first-order valence-corrected chi connectivity index (χ1v) is 8.25. The Hall–Kier alpha value is -2.29. The third-order valence-electron chi connectivity index (χ3n) is 3.71. The molecule has 0 saturated heterocycles. The summed E-state index contributed by atoms with van der Waals surface area (Å²) in [5.41, 5.74) is 2.56. The van der Waals surface area contributed by atoms with E-state index in [1.165, 1.54) is 11.1 Å². The SMILES string of the molecule is CCc1ccc(OC(=O)OCCCCCc2ccccc2)cc1. The molecule has 2 rings (SSSR count). The van der Waals surface area contributed by atoms with Gasteiger partial charge in [-0.2, -0.15) is 0 Å². The van der Waals surface area contributed by atoms with Crippen LogP contribution in [0, 0.1) is 0 Å². The van der Waals surface area contributed by atoms with Crippen LogP contribution in [0.5, 0.6) is 5.75 Å². The number of aryl methyl sites for hydroxylation is 2. The van der Waals surface area contributed by atoms with E-state index >= 15 is 0 Å². The van der Waals surface area contributed by atoms with E-state index in [4.69, 9.17) is 9.47 Å². The second-order valence-corrected chi connectivity index (χ2v) is 5.49. The highest BCUT2D eigenvalue weighted by atomic mass is 16.7. The van der Waals surface area contributed by atoms with Gasteiger partial charge in [0.25, 0.3) is 0 Å². The van der Waals surface area contributed by atoms with Crippen LogP contribution in [0.2, 0.25) is 0 Å². The van der Waals surface area contributed by atoms with Gasteiger partial charge >= 0.3 is 6.16 Å². The average Bonchev–Trinajstić information content (AvgIpc) is 2.59. The van der Waals surface area contributed by atoms with Gasteiger partial charge in [-0.3, -0.25) is 0 Å². The third kappa shape index (κ3) is 6.55. The van der Waals surface area contributed by atoms with Crippen LogP contribution in [0.4, 0.5) is 4.79 Å². The Labute approximate surface area is 138 Å². The van der Waals surface area contributed by atoms with Gasteiger partial charge in [-0.1, -0.05) is 49.4 Å². The summed E-state index contributed by atoms with van der Waals surface area (Å²) >= 11 is 0. The summed E-state index contributed by atoms with van der Waals surface area (Å²) in [7, 11) is 0. The number of hydrogen-bond donors (Lipinski definition) is 0. The molecular formula is C20H24O3. The zero-order valence-corrected chi connectivity index (χ0v) is 13.7. The minimum absolute atomic E-state index is 0.403. The Morgan fingerprint density at radius 2 is 1.61 bits per heavy atom. The van der Waals surface area contributed by atoms with Gasteiger partial charge in [0, 0.05) is 0 Å².